The van der Waals surface area contributed by atoms with E-state index in [4.69, 9.17) is 18.9 Å². The first-order chi connectivity index (χ1) is 12.8. The van der Waals surface area contributed by atoms with Gasteiger partial charge in [-0.2, -0.15) is 0 Å². The highest BCUT2D eigenvalue weighted by atomic mass is 16.7. The molecule has 7 nitrogen and oxygen atoms in total. The van der Waals surface area contributed by atoms with Crippen LogP contribution in [-0.2, 0) is 9.53 Å². The van der Waals surface area contributed by atoms with Gasteiger partial charge in [0.1, 0.15) is 5.75 Å². The fraction of sp³-hybridized carbons (Fsp3) is 0.316. The molecule has 1 saturated heterocycles. The highest BCUT2D eigenvalue weighted by molar-refractivity contribution is 5.92. The maximum atomic E-state index is 12.1. The number of anilines is 2. The minimum Gasteiger partial charge on any atom is -0.484 e. The van der Waals surface area contributed by atoms with E-state index in [0.29, 0.717) is 17.2 Å². The van der Waals surface area contributed by atoms with Gasteiger partial charge in [-0.15, -0.1) is 0 Å². The van der Waals surface area contributed by atoms with Crippen LogP contribution in [0.15, 0.2) is 42.5 Å². The Kier molecular flexibility index (Phi) is 4.79. The van der Waals surface area contributed by atoms with E-state index >= 15 is 0 Å². The second-order valence-electron chi connectivity index (χ2n) is 6.00. The van der Waals surface area contributed by atoms with Crippen molar-refractivity contribution in [1.29, 1.82) is 0 Å². The summed E-state index contributed by atoms with van der Waals surface area (Å²) in [5.74, 6) is 1.65. The summed E-state index contributed by atoms with van der Waals surface area (Å²) in [4.78, 5) is 14.3. The molecule has 0 spiro atoms. The van der Waals surface area contributed by atoms with Crippen molar-refractivity contribution < 1.29 is 23.7 Å². The topological polar surface area (TPSA) is 69.3 Å². The van der Waals surface area contributed by atoms with E-state index in [1.807, 2.05) is 24.3 Å². The van der Waals surface area contributed by atoms with Crippen molar-refractivity contribution in [2.45, 2.75) is 0 Å². The summed E-state index contributed by atoms with van der Waals surface area (Å²) < 4.78 is 21.4. The van der Waals surface area contributed by atoms with E-state index in [9.17, 15) is 4.79 Å². The normalized spacial score (nSPS) is 15.6. The first kappa shape index (κ1) is 16.5. The number of nitrogens with zero attached hydrogens (tertiary/aromatic N) is 1. The van der Waals surface area contributed by atoms with Gasteiger partial charge in [0.2, 0.25) is 6.79 Å². The van der Waals surface area contributed by atoms with Crippen LogP contribution in [-0.4, -0.2) is 45.6 Å². The van der Waals surface area contributed by atoms with E-state index in [2.05, 4.69) is 10.2 Å². The van der Waals surface area contributed by atoms with E-state index in [-0.39, 0.29) is 19.3 Å². The van der Waals surface area contributed by atoms with Gasteiger partial charge in [0, 0.05) is 30.5 Å². The van der Waals surface area contributed by atoms with Crippen LogP contribution in [0.3, 0.4) is 0 Å². The highest BCUT2D eigenvalue weighted by Gasteiger charge is 2.14. The third-order valence-electron chi connectivity index (χ3n) is 4.24. The van der Waals surface area contributed by atoms with Gasteiger partial charge in [-0.1, -0.05) is 0 Å². The third kappa shape index (κ3) is 3.83. The summed E-state index contributed by atoms with van der Waals surface area (Å²) >= 11 is 0. The Balaban J connectivity index is 1.29. The van der Waals surface area contributed by atoms with E-state index in [1.54, 1.807) is 18.2 Å². The zero-order chi connectivity index (χ0) is 17.8. The van der Waals surface area contributed by atoms with Gasteiger partial charge in [-0.25, -0.2) is 0 Å². The minimum atomic E-state index is -0.221. The molecule has 1 fully saturated rings. The van der Waals surface area contributed by atoms with Gasteiger partial charge in [0.15, 0.2) is 18.1 Å². The number of morpholine rings is 1. The van der Waals surface area contributed by atoms with Crippen LogP contribution in [0.5, 0.6) is 17.2 Å². The van der Waals surface area contributed by atoms with Crippen molar-refractivity contribution in [3.63, 3.8) is 0 Å². The molecule has 1 amide bonds. The molecule has 26 heavy (non-hydrogen) atoms. The first-order valence-electron chi connectivity index (χ1n) is 8.53. The monoisotopic (exact) mass is 356 g/mol. The molecule has 2 aliphatic heterocycles. The molecule has 0 atom stereocenters. The Bertz CT molecular complexity index is 772. The number of fused-ring (bicyclic) bond motifs is 1. The molecule has 2 heterocycles. The Morgan fingerprint density at radius 2 is 1.81 bits per heavy atom. The number of benzene rings is 2. The average molecular weight is 356 g/mol. The quantitative estimate of drug-likeness (QED) is 0.886. The lowest BCUT2D eigenvalue weighted by molar-refractivity contribution is -0.118. The summed E-state index contributed by atoms with van der Waals surface area (Å²) in [6.45, 7) is 3.39. The Morgan fingerprint density at radius 1 is 1.04 bits per heavy atom. The predicted octanol–water partition coefficient (Wildman–Crippen LogP) is 2.27. The van der Waals surface area contributed by atoms with Gasteiger partial charge in [-0.05, 0) is 36.4 Å². The summed E-state index contributed by atoms with van der Waals surface area (Å²) in [5, 5.41) is 2.83. The molecule has 2 aromatic rings. The van der Waals surface area contributed by atoms with Crippen LogP contribution < -0.4 is 24.4 Å². The third-order valence-corrected chi connectivity index (χ3v) is 4.24. The van der Waals surface area contributed by atoms with Crippen molar-refractivity contribution in [2.24, 2.45) is 0 Å². The van der Waals surface area contributed by atoms with Crippen LogP contribution in [0.2, 0.25) is 0 Å². The first-order valence-corrected chi connectivity index (χ1v) is 8.53. The van der Waals surface area contributed by atoms with Crippen LogP contribution >= 0.6 is 0 Å². The van der Waals surface area contributed by atoms with E-state index < -0.39 is 0 Å². The van der Waals surface area contributed by atoms with Gasteiger partial charge in [0.05, 0.1) is 13.2 Å². The zero-order valence-corrected chi connectivity index (χ0v) is 14.3. The molecular weight excluding hydrogens is 336 g/mol. The van der Waals surface area contributed by atoms with Crippen molar-refractivity contribution >= 4 is 17.3 Å². The number of carbonyl (C=O) groups is 1. The number of hydrogen-bond acceptors (Lipinski definition) is 6. The lowest BCUT2D eigenvalue weighted by Crippen LogP contribution is -2.36. The molecule has 0 radical (unpaired) electrons. The number of nitrogens with one attached hydrogen (secondary N) is 1. The van der Waals surface area contributed by atoms with E-state index in [0.717, 1.165) is 37.7 Å². The number of hydrogen-bond donors (Lipinski definition) is 1. The molecule has 136 valence electrons. The van der Waals surface area contributed by atoms with Crippen molar-refractivity contribution in [3.8, 4) is 17.2 Å². The summed E-state index contributed by atoms with van der Waals surface area (Å²) in [6.07, 6.45) is 0. The van der Waals surface area contributed by atoms with Gasteiger partial charge in [0.25, 0.3) is 5.91 Å². The van der Waals surface area contributed by atoms with Crippen LogP contribution in [0.4, 0.5) is 11.4 Å². The Morgan fingerprint density at radius 3 is 2.62 bits per heavy atom. The lowest BCUT2D eigenvalue weighted by atomic mass is 10.2. The fourth-order valence-electron chi connectivity index (χ4n) is 2.89. The molecule has 2 aliphatic rings. The molecule has 1 N–H and O–H groups in total. The highest BCUT2D eigenvalue weighted by Crippen LogP contribution is 2.35. The molecule has 0 unspecified atom stereocenters. The number of carbonyl (C=O) groups excluding carboxylic acids is 1. The summed E-state index contributed by atoms with van der Waals surface area (Å²) in [5.41, 5.74) is 1.87. The Hall–Kier alpha value is -2.93. The number of amides is 1. The number of rotatable bonds is 5. The van der Waals surface area contributed by atoms with Crippen LogP contribution in [0, 0.1) is 0 Å². The fourth-order valence-corrected chi connectivity index (χ4v) is 2.89. The molecule has 2 aromatic carbocycles. The zero-order valence-electron chi connectivity index (χ0n) is 14.3. The molecule has 0 aliphatic carbocycles. The van der Waals surface area contributed by atoms with Crippen molar-refractivity contribution in [3.05, 3.63) is 42.5 Å². The average Bonchev–Trinajstić information content (AvgIpc) is 3.15. The smallest absolute Gasteiger partial charge is 0.262 e. The molecule has 0 aromatic heterocycles. The lowest BCUT2D eigenvalue weighted by Gasteiger charge is -2.28. The maximum absolute atomic E-state index is 12.1. The van der Waals surface area contributed by atoms with Gasteiger partial charge in [-0.3, -0.25) is 4.79 Å². The molecule has 4 rings (SSSR count). The Labute approximate surface area is 151 Å². The minimum absolute atomic E-state index is 0.0785. The molecule has 0 bridgehead atoms. The van der Waals surface area contributed by atoms with Gasteiger partial charge >= 0.3 is 0 Å². The second-order valence-corrected chi connectivity index (χ2v) is 6.00. The number of ether oxygens (including phenoxy) is 4. The van der Waals surface area contributed by atoms with Crippen LogP contribution in [0.1, 0.15) is 0 Å². The maximum Gasteiger partial charge on any atom is 0.262 e. The largest absolute Gasteiger partial charge is 0.484 e. The van der Waals surface area contributed by atoms with Gasteiger partial charge < -0.3 is 29.2 Å². The standard InChI is InChI=1S/C19H20N2O5/c22-19(12-24-16-5-6-17-18(11-16)26-13-25-17)20-14-1-3-15(4-2-14)21-7-9-23-10-8-21/h1-6,11H,7-10,12-13H2,(H,20,22). The van der Waals surface area contributed by atoms with Crippen LogP contribution in [0.25, 0.3) is 0 Å². The second kappa shape index (κ2) is 7.53. The predicted molar refractivity (Wildman–Crippen MR) is 96.2 cm³/mol. The summed E-state index contributed by atoms with van der Waals surface area (Å²) in [6, 6.07) is 13.0. The van der Waals surface area contributed by atoms with Crippen molar-refractivity contribution in [1.82, 2.24) is 0 Å². The summed E-state index contributed by atoms with van der Waals surface area (Å²) in [7, 11) is 0. The molecule has 7 heteroatoms. The SMILES string of the molecule is O=C(COc1ccc2c(c1)OCO2)Nc1ccc(N2CCOCC2)cc1. The molecular formula is C19H20N2O5. The molecule has 0 saturated carbocycles. The van der Waals surface area contributed by atoms with Crippen molar-refractivity contribution in [2.75, 3.05) is 49.9 Å². The van der Waals surface area contributed by atoms with E-state index in [1.165, 1.54) is 0 Å².